The molecule has 9 heteroatoms. The Labute approximate surface area is 194 Å². The molecule has 0 spiro atoms. The average Bonchev–Trinajstić information content (AvgIpc) is 3.25. The van der Waals surface area contributed by atoms with Crippen LogP contribution in [0.25, 0.3) is 5.69 Å². The van der Waals surface area contributed by atoms with Crippen LogP contribution in [0.4, 0.5) is 14.6 Å². The molecule has 0 bridgehead atoms. The van der Waals surface area contributed by atoms with Crippen LogP contribution in [0, 0.1) is 32.4 Å². The third kappa shape index (κ3) is 4.80. The van der Waals surface area contributed by atoms with Crippen molar-refractivity contribution in [2.45, 2.75) is 33.7 Å². The van der Waals surface area contributed by atoms with Crippen molar-refractivity contribution >= 4 is 23.3 Å². The summed E-state index contributed by atoms with van der Waals surface area (Å²) >= 11 is 5.98. The Kier molecular flexibility index (Phi) is 6.29. The molecule has 0 saturated heterocycles. The lowest BCUT2D eigenvalue weighted by molar-refractivity contribution is -0.115. The summed E-state index contributed by atoms with van der Waals surface area (Å²) in [7, 11) is 0. The second kappa shape index (κ2) is 9.15. The smallest absolute Gasteiger partial charge is 0.230 e. The van der Waals surface area contributed by atoms with E-state index in [1.54, 1.807) is 29.9 Å². The fraction of sp³-hybridized carbons (Fsp3) is 0.208. The average molecular weight is 470 g/mol. The molecule has 2 aromatic heterocycles. The molecule has 2 aromatic carbocycles. The number of anilines is 1. The molecule has 1 amide bonds. The maximum Gasteiger partial charge on any atom is 0.230 e. The molecular weight excluding hydrogens is 448 g/mol. The first kappa shape index (κ1) is 22.7. The summed E-state index contributed by atoms with van der Waals surface area (Å²) < 4.78 is 30.9. The van der Waals surface area contributed by atoms with Gasteiger partial charge in [0.15, 0.2) is 0 Å². The minimum absolute atomic E-state index is 0.0143. The Bertz CT molecular complexity index is 1330. The van der Waals surface area contributed by atoms with Gasteiger partial charge in [-0.05, 0) is 63.2 Å². The van der Waals surface area contributed by atoms with Gasteiger partial charge in [0.2, 0.25) is 5.91 Å². The van der Waals surface area contributed by atoms with E-state index in [0.29, 0.717) is 16.4 Å². The minimum Gasteiger partial charge on any atom is -0.310 e. The second-order valence-electron chi connectivity index (χ2n) is 7.83. The quantitative estimate of drug-likeness (QED) is 0.424. The van der Waals surface area contributed by atoms with Crippen molar-refractivity contribution in [2.75, 3.05) is 5.32 Å². The Morgan fingerprint density at radius 2 is 1.82 bits per heavy atom. The van der Waals surface area contributed by atoms with Gasteiger partial charge in [0.05, 0.1) is 30.5 Å². The number of aromatic nitrogens is 4. The topological polar surface area (TPSA) is 64.7 Å². The number of nitrogens with one attached hydrogen (secondary N) is 1. The molecule has 6 nitrogen and oxygen atoms in total. The van der Waals surface area contributed by atoms with Gasteiger partial charge in [-0.2, -0.15) is 10.2 Å². The van der Waals surface area contributed by atoms with Crippen LogP contribution >= 0.6 is 11.6 Å². The Balaban J connectivity index is 1.54. The molecule has 0 fully saturated rings. The fourth-order valence-corrected chi connectivity index (χ4v) is 3.81. The lowest BCUT2D eigenvalue weighted by atomic mass is 10.1. The van der Waals surface area contributed by atoms with E-state index in [4.69, 9.17) is 11.6 Å². The number of nitrogens with zero attached hydrogens (tertiary/aromatic N) is 4. The molecule has 0 unspecified atom stereocenters. The van der Waals surface area contributed by atoms with Gasteiger partial charge < -0.3 is 5.32 Å². The van der Waals surface area contributed by atoms with Crippen LogP contribution in [0.5, 0.6) is 0 Å². The first-order chi connectivity index (χ1) is 15.7. The molecule has 0 aliphatic carbocycles. The van der Waals surface area contributed by atoms with Crippen LogP contribution in [0.2, 0.25) is 5.02 Å². The SMILES string of the molecule is Cc1cnn(Cc2cc(F)ccc2F)c1NC(=O)Cc1c(C)nn(-c2ccc(Cl)cc2)c1C. The molecular formula is C24H22ClF2N5O. The van der Waals surface area contributed by atoms with E-state index in [0.717, 1.165) is 40.8 Å². The summed E-state index contributed by atoms with van der Waals surface area (Å²) in [5.74, 6) is -0.905. The number of aryl methyl sites for hydroxylation is 2. The van der Waals surface area contributed by atoms with Gasteiger partial charge in [-0.3, -0.25) is 4.79 Å². The van der Waals surface area contributed by atoms with Gasteiger partial charge in [-0.25, -0.2) is 18.1 Å². The van der Waals surface area contributed by atoms with Crippen molar-refractivity contribution in [3.8, 4) is 5.69 Å². The number of hydrogen-bond acceptors (Lipinski definition) is 3. The zero-order valence-corrected chi connectivity index (χ0v) is 19.1. The first-order valence-electron chi connectivity index (χ1n) is 10.3. The summed E-state index contributed by atoms with van der Waals surface area (Å²) in [5.41, 5.74) is 4.09. The molecule has 0 radical (unpaired) electrons. The second-order valence-corrected chi connectivity index (χ2v) is 8.27. The zero-order valence-electron chi connectivity index (χ0n) is 18.4. The summed E-state index contributed by atoms with van der Waals surface area (Å²) in [4.78, 5) is 12.9. The molecule has 4 rings (SSSR count). The number of carbonyl (C=O) groups excluding carboxylic acids is 1. The Hall–Kier alpha value is -3.52. The lowest BCUT2D eigenvalue weighted by Gasteiger charge is -2.11. The van der Waals surface area contributed by atoms with Gasteiger partial charge in [-0.1, -0.05) is 11.6 Å². The molecule has 2 heterocycles. The summed E-state index contributed by atoms with van der Waals surface area (Å²) in [5, 5.41) is 12.3. The van der Waals surface area contributed by atoms with E-state index in [-0.39, 0.29) is 24.4 Å². The van der Waals surface area contributed by atoms with E-state index in [1.165, 1.54) is 4.68 Å². The number of carbonyl (C=O) groups is 1. The molecule has 0 saturated carbocycles. The molecule has 0 aliphatic rings. The third-order valence-corrected chi connectivity index (χ3v) is 5.71. The van der Waals surface area contributed by atoms with Gasteiger partial charge in [-0.15, -0.1) is 0 Å². The van der Waals surface area contributed by atoms with E-state index in [1.807, 2.05) is 26.0 Å². The maximum atomic E-state index is 14.1. The Morgan fingerprint density at radius 3 is 2.55 bits per heavy atom. The highest BCUT2D eigenvalue weighted by Gasteiger charge is 2.18. The number of hydrogen-bond donors (Lipinski definition) is 1. The molecule has 170 valence electrons. The van der Waals surface area contributed by atoms with E-state index in [9.17, 15) is 13.6 Å². The van der Waals surface area contributed by atoms with Crippen LogP contribution in [0.15, 0.2) is 48.7 Å². The van der Waals surface area contributed by atoms with Crippen molar-refractivity contribution in [1.29, 1.82) is 0 Å². The van der Waals surface area contributed by atoms with Crippen molar-refractivity contribution in [3.05, 3.63) is 93.4 Å². The van der Waals surface area contributed by atoms with Gasteiger partial charge in [0.1, 0.15) is 17.5 Å². The van der Waals surface area contributed by atoms with E-state index in [2.05, 4.69) is 15.5 Å². The van der Waals surface area contributed by atoms with Crippen LogP contribution in [0.3, 0.4) is 0 Å². The third-order valence-electron chi connectivity index (χ3n) is 5.46. The molecule has 4 aromatic rings. The molecule has 33 heavy (non-hydrogen) atoms. The van der Waals surface area contributed by atoms with Crippen LogP contribution in [-0.4, -0.2) is 25.5 Å². The van der Waals surface area contributed by atoms with Crippen molar-refractivity contribution in [2.24, 2.45) is 0 Å². The van der Waals surface area contributed by atoms with E-state index >= 15 is 0 Å². The summed E-state index contributed by atoms with van der Waals surface area (Å²) in [6.45, 7) is 5.53. The van der Waals surface area contributed by atoms with Crippen molar-refractivity contribution < 1.29 is 13.6 Å². The number of benzene rings is 2. The van der Waals surface area contributed by atoms with Gasteiger partial charge >= 0.3 is 0 Å². The minimum atomic E-state index is -0.539. The molecule has 0 aliphatic heterocycles. The fourth-order valence-electron chi connectivity index (χ4n) is 3.69. The van der Waals surface area contributed by atoms with E-state index < -0.39 is 11.6 Å². The lowest BCUT2D eigenvalue weighted by Crippen LogP contribution is -2.19. The highest BCUT2D eigenvalue weighted by atomic mass is 35.5. The predicted octanol–water partition coefficient (Wildman–Crippen LogP) is 5.16. The van der Waals surface area contributed by atoms with Gasteiger partial charge in [0, 0.05) is 27.4 Å². The molecule has 1 N–H and O–H groups in total. The number of amides is 1. The monoisotopic (exact) mass is 469 g/mol. The highest BCUT2D eigenvalue weighted by molar-refractivity contribution is 6.30. The van der Waals surface area contributed by atoms with Crippen LogP contribution in [0.1, 0.15) is 28.1 Å². The summed E-state index contributed by atoms with van der Waals surface area (Å²) in [6, 6.07) is 10.5. The standard InChI is InChI=1S/C24H22ClF2N5O/c1-14-12-28-31(13-17-10-19(26)6-9-22(17)27)24(14)29-23(33)11-21-15(2)30-32(16(21)3)20-7-4-18(25)5-8-20/h4-10,12H,11,13H2,1-3H3,(H,29,33). The van der Waals surface area contributed by atoms with Crippen molar-refractivity contribution in [1.82, 2.24) is 19.6 Å². The largest absolute Gasteiger partial charge is 0.310 e. The normalized spacial score (nSPS) is 11.1. The predicted molar refractivity (Wildman–Crippen MR) is 123 cm³/mol. The maximum absolute atomic E-state index is 14.1. The number of rotatable bonds is 6. The first-order valence-corrected chi connectivity index (χ1v) is 10.7. The molecule has 0 atom stereocenters. The van der Waals surface area contributed by atoms with Crippen LogP contribution in [-0.2, 0) is 17.8 Å². The number of halogens is 3. The van der Waals surface area contributed by atoms with Gasteiger partial charge in [0.25, 0.3) is 0 Å². The van der Waals surface area contributed by atoms with Crippen LogP contribution < -0.4 is 5.32 Å². The Morgan fingerprint density at radius 1 is 1.09 bits per heavy atom. The highest BCUT2D eigenvalue weighted by Crippen LogP contribution is 2.22. The zero-order chi connectivity index (χ0) is 23.7. The van der Waals surface area contributed by atoms with Crippen molar-refractivity contribution in [3.63, 3.8) is 0 Å². The summed E-state index contributed by atoms with van der Waals surface area (Å²) in [6.07, 6.45) is 1.67.